The Hall–Kier alpha value is -1.76. The number of primary amides is 1. The van der Waals surface area contributed by atoms with E-state index in [1.807, 2.05) is 6.92 Å². The summed E-state index contributed by atoms with van der Waals surface area (Å²) >= 11 is 0. The largest absolute Gasteiger partial charge is 0.491 e. The Balaban J connectivity index is 3.29. The van der Waals surface area contributed by atoms with E-state index in [4.69, 9.17) is 10.5 Å². The highest BCUT2D eigenvalue weighted by Gasteiger charge is 2.20. The van der Waals surface area contributed by atoms with E-state index in [-0.39, 0.29) is 0 Å². The lowest BCUT2D eigenvalue weighted by Gasteiger charge is -2.18. The maximum atomic E-state index is 11.4. The molecule has 1 rings (SSSR count). The molecule has 1 aromatic carbocycles. The van der Waals surface area contributed by atoms with Gasteiger partial charge in [0.05, 0.1) is 24.5 Å². The Kier molecular flexibility index (Phi) is 5.38. The SMILES string of the molecule is CCCOc1c(NS(C)(=O)=O)cccc1C(C)C(N)=O. The summed E-state index contributed by atoms with van der Waals surface area (Å²) in [4.78, 5) is 11.4. The molecule has 0 bridgehead atoms. The van der Waals surface area contributed by atoms with Crippen molar-refractivity contribution in [2.45, 2.75) is 26.2 Å². The maximum absolute atomic E-state index is 11.4. The molecule has 20 heavy (non-hydrogen) atoms. The van der Waals surface area contributed by atoms with Crippen molar-refractivity contribution < 1.29 is 17.9 Å². The van der Waals surface area contributed by atoms with Crippen molar-refractivity contribution in [3.63, 3.8) is 0 Å². The Bertz CT molecular complexity index is 584. The average Bonchev–Trinajstić information content (AvgIpc) is 2.34. The summed E-state index contributed by atoms with van der Waals surface area (Å²) in [5.41, 5.74) is 6.19. The first kappa shape index (κ1) is 16.3. The molecule has 112 valence electrons. The second-order valence-electron chi connectivity index (χ2n) is 4.57. The van der Waals surface area contributed by atoms with Crippen LogP contribution in [0.3, 0.4) is 0 Å². The van der Waals surface area contributed by atoms with Crippen LogP contribution in [0, 0.1) is 0 Å². The van der Waals surface area contributed by atoms with Crippen LogP contribution in [0.5, 0.6) is 5.75 Å². The van der Waals surface area contributed by atoms with Crippen LogP contribution in [-0.2, 0) is 14.8 Å². The van der Waals surface area contributed by atoms with Gasteiger partial charge in [-0.2, -0.15) is 0 Å². The summed E-state index contributed by atoms with van der Waals surface area (Å²) < 4.78 is 30.8. The van der Waals surface area contributed by atoms with Crippen LogP contribution in [0.25, 0.3) is 0 Å². The summed E-state index contributed by atoms with van der Waals surface area (Å²) in [7, 11) is -3.43. The topological polar surface area (TPSA) is 98.5 Å². The number of ether oxygens (including phenoxy) is 1. The number of para-hydroxylation sites is 1. The molecule has 1 atom stereocenters. The van der Waals surface area contributed by atoms with Gasteiger partial charge in [0.1, 0.15) is 5.75 Å². The Morgan fingerprint density at radius 2 is 2.10 bits per heavy atom. The fourth-order valence-corrected chi connectivity index (χ4v) is 2.25. The van der Waals surface area contributed by atoms with Crippen LogP contribution < -0.4 is 15.2 Å². The summed E-state index contributed by atoms with van der Waals surface area (Å²) in [6, 6.07) is 4.94. The first-order valence-electron chi connectivity index (χ1n) is 6.29. The first-order chi connectivity index (χ1) is 9.26. The van der Waals surface area contributed by atoms with Crippen molar-refractivity contribution >= 4 is 21.6 Å². The second-order valence-corrected chi connectivity index (χ2v) is 6.32. The molecule has 0 spiro atoms. The molecule has 0 aromatic heterocycles. The third kappa shape index (κ3) is 4.41. The Morgan fingerprint density at radius 1 is 1.45 bits per heavy atom. The predicted molar refractivity (Wildman–Crippen MR) is 78.3 cm³/mol. The molecule has 6 nitrogen and oxygen atoms in total. The molecule has 0 aliphatic heterocycles. The van der Waals surface area contributed by atoms with Crippen molar-refractivity contribution in [1.82, 2.24) is 0 Å². The zero-order valence-electron chi connectivity index (χ0n) is 11.8. The van der Waals surface area contributed by atoms with Crippen LogP contribution in [0.4, 0.5) is 5.69 Å². The van der Waals surface area contributed by atoms with Crippen molar-refractivity contribution in [1.29, 1.82) is 0 Å². The second kappa shape index (κ2) is 6.60. The van der Waals surface area contributed by atoms with Crippen molar-refractivity contribution in [2.75, 3.05) is 17.6 Å². The average molecular weight is 300 g/mol. The number of hydrogen-bond acceptors (Lipinski definition) is 4. The van der Waals surface area contributed by atoms with E-state index in [0.717, 1.165) is 12.7 Å². The summed E-state index contributed by atoms with van der Waals surface area (Å²) in [5.74, 6) is -0.711. The lowest BCUT2D eigenvalue weighted by molar-refractivity contribution is -0.119. The lowest BCUT2D eigenvalue weighted by Crippen LogP contribution is -2.20. The minimum Gasteiger partial charge on any atom is -0.491 e. The summed E-state index contributed by atoms with van der Waals surface area (Å²) in [6.45, 7) is 4.01. The minimum absolute atomic E-state index is 0.312. The molecule has 0 aliphatic rings. The number of sulfonamides is 1. The van der Waals surface area contributed by atoms with Gasteiger partial charge in [0.25, 0.3) is 0 Å². The number of anilines is 1. The van der Waals surface area contributed by atoms with Gasteiger partial charge in [-0.05, 0) is 19.4 Å². The van der Waals surface area contributed by atoms with Gasteiger partial charge in [0, 0.05) is 5.56 Å². The third-order valence-electron chi connectivity index (χ3n) is 2.68. The quantitative estimate of drug-likeness (QED) is 0.796. The van der Waals surface area contributed by atoms with Crippen molar-refractivity contribution in [2.24, 2.45) is 5.73 Å². The highest BCUT2D eigenvalue weighted by molar-refractivity contribution is 7.92. The molecule has 7 heteroatoms. The van der Waals surface area contributed by atoms with Crippen molar-refractivity contribution in [3.05, 3.63) is 23.8 Å². The van der Waals surface area contributed by atoms with E-state index < -0.39 is 21.8 Å². The molecule has 0 saturated carbocycles. The van der Waals surface area contributed by atoms with Gasteiger partial charge in [-0.25, -0.2) is 8.42 Å². The molecule has 0 fully saturated rings. The standard InChI is InChI=1S/C13H20N2O4S/c1-4-8-19-12-10(9(2)13(14)16)6-5-7-11(12)15-20(3,17)18/h5-7,9,15H,4,8H2,1-3H3,(H2,14,16). The predicted octanol–water partition coefficient (Wildman–Crippen LogP) is 1.44. The van der Waals surface area contributed by atoms with Crippen LogP contribution >= 0.6 is 0 Å². The molecule has 0 saturated heterocycles. The number of nitrogens with two attached hydrogens (primary N) is 1. The fourth-order valence-electron chi connectivity index (χ4n) is 1.69. The van der Waals surface area contributed by atoms with E-state index in [0.29, 0.717) is 23.6 Å². The van der Waals surface area contributed by atoms with Crippen LogP contribution in [-0.4, -0.2) is 27.2 Å². The smallest absolute Gasteiger partial charge is 0.229 e. The first-order valence-corrected chi connectivity index (χ1v) is 8.18. The monoisotopic (exact) mass is 300 g/mol. The molecule has 0 aliphatic carbocycles. The van der Waals surface area contributed by atoms with Gasteiger partial charge in [-0.3, -0.25) is 9.52 Å². The maximum Gasteiger partial charge on any atom is 0.229 e. The van der Waals surface area contributed by atoms with E-state index in [2.05, 4.69) is 4.72 Å². The molecule has 0 radical (unpaired) electrons. The van der Waals surface area contributed by atoms with Gasteiger partial charge >= 0.3 is 0 Å². The molecular weight excluding hydrogens is 280 g/mol. The highest BCUT2D eigenvalue weighted by Crippen LogP contribution is 2.34. The number of hydrogen-bond donors (Lipinski definition) is 2. The van der Waals surface area contributed by atoms with E-state index in [9.17, 15) is 13.2 Å². The van der Waals surface area contributed by atoms with E-state index in [1.165, 1.54) is 0 Å². The van der Waals surface area contributed by atoms with Crippen LogP contribution in [0.1, 0.15) is 31.7 Å². The zero-order valence-corrected chi connectivity index (χ0v) is 12.7. The van der Waals surface area contributed by atoms with Crippen LogP contribution in [0.15, 0.2) is 18.2 Å². The molecule has 1 unspecified atom stereocenters. The van der Waals surface area contributed by atoms with Gasteiger partial charge in [-0.1, -0.05) is 19.1 Å². The number of carbonyl (C=O) groups excluding carboxylic acids is 1. The molecule has 0 heterocycles. The highest BCUT2D eigenvalue weighted by atomic mass is 32.2. The van der Waals surface area contributed by atoms with Gasteiger partial charge in [0.2, 0.25) is 15.9 Å². The van der Waals surface area contributed by atoms with Gasteiger partial charge in [0.15, 0.2) is 0 Å². The number of benzene rings is 1. The number of carbonyl (C=O) groups is 1. The molecule has 1 aromatic rings. The molecular formula is C13H20N2O4S. The number of amides is 1. The fraction of sp³-hybridized carbons (Fsp3) is 0.462. The Morgan fingerprint density at radius 3 is 2.60 bits per heavy atom. The van der Waals surface area contributed by atoms with Crippen molar-refractivity contribution in [3.8, 4) is 5.75 Å². The van der Waals surface area contributed by atoms with Gasteiger partial charge in [-0.15, -0.1) is 0 Å². The van der Waals surface area contributed by atoms with E-state index in [1.54, 1.807) is 25.1 Å². The zero-order chi connectivity index (χ0) is 15.3. The van der Waals surface area contributed by atoms with Crippen LogP contribution in [0.2, 0.25) is 0 Å². The number of rotatable bonds is 7. The van der Waals surface area contributed by atoms with Gasteiger partial charge < -0.3 is 10.5 Å². The third-order valence-corrected chi connectivity index (χ3v) is 3.28. The summed E-state index contributed by atoms with van der Waals surface area (Å²) in [6.07, 6.45) is 1.82. The minimum atomic E-state index is -3.43. The molecule has 1 amide bonds. The normalized spacial score (nSPS) is 12.8. The summed E-state index contributed by atoms with van der Waals surface area (Å²) in [5, 5.41) is 0. The number of nitrogens with one attached hydrogen (secondary N) is 1. The Labute approximate surface area is 119 Å². The lowest BCUT2D eigenvalue weighted by atomic mass is 9.99. The van der Waals surface area contributed by atoms with E-state index >= 15 is 0 Å². The molecule has 3 N–H and O–H groups in total.